The van der Waals surface area contributed by atoms with Crippen molar-refractivity contribution in [1.29, 1.82) is 5.26 Å². The first-order chi connectivity index (χ1) is 18.3. The van der Waals surface area contributed by atoms with E-state index in [4.69, 9.17) is 12.2 Å². The van der Waals surface area contributed by atoms with Crippen molar-refractivity contribution in [3.05, 3.63) is 103 Å². The standard InChI is InChI=1S/C30H30N4O2S2/c1-4-16-33-27(32-15-14-22-8-6-5-7-9-22)24(21(3)25(18-31)28(33)35)17-26-29(36)34(30(37)38-26)19-23-12-10-20(2)11-13-23/h5-13,17,32H,4,14-16,19H2,1-3H3/b26-17+. The van der Waals surface area contributed by atoms with Crippen LogP contribution >= 0.6 is 24.0 Å². The third-order valence-corrected chi connectivity index (χ3v) is 7.86. The first kappa shape index (κ1) is 27.4. The highest BCUT2D eigenvalue weighted by Gasteiger charge is 2.33. The van der Waals surface area contributed by atoms with Crippen molar-refractivity contribution in [3.63, 3.8) is 0 Å². The minimum absolute atomic E-state index is 0.0912. The van der Waals surface area contributed by atoms with Gasteiger partial charge in [-0.25, -0.2) is 0 Å². The Morgan fingerprint density at radius 3 is 2.42 bits per heavy atom. The van der Waals surface area contributed by atoms with Crippen molar-refractivity contribution >= 4 is 46.1 Å². The molecule has 2 heterocycles. The van der Waals surface area contributed by atoms with E-state index in [1.54, 1.807) is 22.5 Å². The number of nitriles is 1. The molecule has 1 fully saturated rings. The number of hydrogen-bond acceptors (Lipinski definition) is 6. The second-order valence-corrected chi connectivity index (χ2v) is 10.9. The molecule has 8 heteroatoms. The number of thioether (sulfide) groups is 1. The number of thiocarbonyl (C=S) groups is 1. The van der Waals surface area contributed by atoms with Crippen molar-refractivity contribution in [2.45, 2.75) is 46.7 Å². The van der Waals surface area contributed by atoms with E-state index in [1.807, 2.05) is 56.3 Å². The Morgan fingerprint density at radius 1 is 1.05 bits per heavy atom. The number of amides is 1. The molecule has 4 rings (SSSR count). The molecule has 0 bridgehead atoms. The number of rotatable bonds is 9. The molecule has 1 saturated heterocycles. The van der Waals surface area contributed by atoms with Gasteiger partial charge in [-0.1, -0.05) is 91.1 Å². The molecule has 0 spiro atoms. The average Bonchev–Trinajstić information content (AvgIpc) is 3.17. The lowest BCUT2D eigenvalue weighted by Crippen LogP contribution is -2.29. The largest absolute Gasteiger partial charge is 0.371 e. The van der Waals surface area contributed by atoms with Gasteiger partial charge in [0.15, 0.2) is 0 Å². The molecule has 0 atom stereocenters. The normalized spacial score (nSPS) is 14.3. The molecular weight excluding hydrogens is 512 g/mol. The van der Waals surface area contributed by atoms with E-state index in [9.17, 15) is 14.9 Å². The maximum atomic E-state index is 13.4. The van der Waals surface area contributed by atoms with Gasteiger partial charge in [0.2, 0.25) is 0 Å². The van der Waals surface area contributed by atoms with Crippen LogP contribution in [-0.4, -0.2) is 26.2 Å². The molecule has 0 radical (unpaired) electrons. The lowest BCUT2D eigenvalue weighted by atomic mass is 10.0. The molecule has 0 aliphatic carbocycles. The third kappa shape index (κ3) is 5.90. The number of aromatic nitrogens is 1. The van der Waals surface area contributed by atoms with Crippen LogP contribution in [0.1, 0.15) is 46.7 Å². The van der Waals surface area contributed by atoms with E-state index in [0.717, 1.165) is 24.0 Å². The van der Waals surface area contributed by atoms with Crippen molar-refractivity contribution in [3.8, 4) is 6.07 Å². The highest BCUT2D eigenvalue weighted by Crippen LogP contribution is 2.36. The molecule has 1 N–H and O–H groups in total. The monoisotopic (exact) mass is 542 g/mol. The van der Waals surface area contributed by atoms with Crippen molar-refractivity contribution in [2.75, 3.05) is 11.9 Å². The van der Waals surface area contributed by atoms with Crippen LogP contribution < -0.4 is 10.9 Å². The second kappa shape index (κ2) is 12.2. The average molecular weight is 543 g/mol. The van der Waals surface area contributed by atoms with E-state index in [-0.39, 0.29) is 17.0 Å². The summed E-state index contributed by atoms with van der Waals surface area (Å²) in [5.41, 5.74) is 4.31. The Labute approximate surface area is 233 Å². The molecule has 1 aliphatic heterocycles. The molecule has 1 aliphatic rings. The van der Waals surface area contributed by atoms with Crippen molar-refractivity contribution in [1.82, 2.24) is 9.47 Å². The lowest BCUT2D eigenvalue weighted by Gasteiger charge is -2.20. The van der Waals surface area contributed by atoms with Gasteiger partial charge in [0.1, 0.15) is 21.8 Å². The first-order valence-electron chi connectivity index (χ1n) is 12.6. The summed E-state index contributed by atoms with van der Waals surface area (Å²) in [6.07, 6.45) is 3.26. The lowest BCUT2D eigenvalue weighted by molar-refractivity contribution is -0.122. The van der Waals surface area contributed by atoms with E-state index >= 15 is 0 Å². The summed E-state index contributed by atoms with van der Waals surface area (Å²) < 4.78 is 2.11. The smallest absolute Gasteiger partial charge is 0.270 e. The maximum Gasteiger partial charge on any atom is 0.270 e. The Kier molecular flexibility index (Phi) is 8.82. The van der Waals surface area contributed by atoms with Gasteiger partial charge in [-0.05, 0) is 49.5 Å². The summed E-state index contributed by atoms with van der Waals surface area (Å²) in [5, 5.41) is 13.3. The third-order valence-electron chi connectivity index (χ3n) is 6.48. The molecule has 2 aromatic carbocycles. The molecule has 38 heavy (non-hydrogen) atoms. The van der Waals surface area contributed by atoms with Crippen molar-refractivity contribution in [2.24, 2.45) is 0 Å². The van der Waals surface area contributed by atoms with E-state index < -0.39 is 0 Å². The number of anilines is 1. The molecule has 6 nitrogen and oxygen atoms in total. The van der Waals surface area contributed by atoms with E-state index in [2.05, 4.69) is 23.5 Å². The van der Waals surface area contributed by atoms with Gasteiger partial charge in [0.25, 0.3) is 11.5 Å². The Balaban J connectivity index is 1.72. The van der Waals surface area contributed by atoms with E-state index in [1.165, 1.54) is 17.3 Å². The summed E-state index contributed by atoms with van der Waals surface area (Å²) in [6.45, 7) is 7.21. The van der Waals surface area contributed by atoms with Crippen LogP contribution in [0, 0.1) is 25.2 Å². The number of nitrogens with one attached hydrogen (secondary N) is 1. The fourth-order valence-electron chi connectivity index (χ4n) is 4.40. The van der Waals surface area contributed by atoms with Gasteiger partial charge < -0.3 is 5.32 Å². The molecule has 0 unspecified atom stereocenters. The SMILES string of the molecule is CCCn1c(NCCc2ccccc2)c(/C=C2/SC(=S)N(Cc3ccc(C)cc3)C2=O)c(C)c(C#N)c1=O. The number of nitrogens with zero attached hydrogens (tertiary/aromatic N) is 3. The molecule has 194 valence electrons. The number of aryl methyl sites for hydroxylation is 1. The molecule has 3 aromatic rings. The minimum Gasteiger partial charge on any atom is -0.371 e. The highest BCUT2D eigenvalue weighted by molar-refractivity contribution is 8.26. The van der Waals surface area contributed by atoms with Gasteiger partial charge in [0.05, 0.1) is 11.4 Å². The number of carbonyl (C=O) groups excluding carboxylic acids is 1. The molecular formula is C30H30N4O2S2. The summed E-state index contributed by atoms with van der Waals surface area (Å²) in [7, 11) is 0. The highest BCUT2D eigenvalue weighted by atomic mass is 32.2. The minimum atomic E-state index is -0.321. The summed E-state index contributed by atoms with van der Waals surface area (Å²) in [5.74, 6) is 0.440. The second-order valence-electron chi connectivity index (χ2n) is 9.25. The molecule has 1 aromatic heterocycles. The van der Waals surface area contributed by atoms with Crippen LogP contribution in [0.4, 0.5) is 5.82 Å². The van der Waals surface area contributed by atoms with Crippen LogP contribution in [0.2, 0.25) is 0 Å². The summed E-state index contributed by atoms with van der Waals surface area (Å²) in [4.78, 5) is 28.7. The molecule has 0 saturated carbocycles. The topological polar surface area (TPSA) is 78.1 Å². The Hall–Kier alpha value is -3.67. The predicted octanol–water partition coefficient (Wildman–Crippen LogP) is 5.80. The molecule has 1 amide bonds. The predicted molar refractivity (Wildman–Crippen MR) is 159 cm³/mol. The number of carbonyl (C=O) groups is 1. The fraction of sp³-hybridized carbons (Fsp3) is 0.267. The number of hydrogen-bond donors (Lipinski definition) is 1. The number of pyridine rings is 1. The Bertz CT molecular complexity index is 1490. The van der Waals surface area contributed by atoms with Crippen LogP contribution in [0.3, 0.4) is 0 Å². The van der Waals surface area contributed by atoms with Crippen molar-refractivity contribution < 1.29 is 4.79 Å². The van der Waals surface area contributed by atoms with Gasteiger partial charge in [-0.2, -0.15) is 5.26 Å². The summed E-state index contributed by atoms with van der Waals surface area (Å²) in [6, 6.07) is 20.2. The Morgan fingerprint density at radius 2 is 1.76 bits per heavy atom. The van der Waals surface area contributed by atoms with Gasteiger partial charge in [-0.3, -0.25) is 19.1 Å². The summed E-state index contributed by atoms with van der Waals surface area (Å²) >= 11 is 6.81. The fourth-order valence-corrected chi connectivity index (χ4v) is 5.64. The van der Waals surface area contributed by atoms with Crippen LogP contribution in [0.5, 0.6) is 0 Å². The van der Waals surface area contributed by atoms with E-state index in [0.29, 0.717) is 45.8 Å². The van der Waals surface area contributed by atoms with Gasteiger partial charge in [-0.15, -0.1) is 0 Å². The van der Waals surface area contributed by atoms with Gasteiger partial charge >= 0.3 is 0 Å². The first-order valence-corrected chi connectivity index (χ1v) is 13.8. The van der Waals surface area contributed by atoms with Crippen LogP contribution in [0.15, 0.2) is 64.3 Å². The maximum absolute atomic E-state index is 13.4. The zero-order chi connectivity index (χ0) is 27.2. The van der Waals surface area contributed by atoms with Gasteiger partial charge in [0, 0.05) is 18.7 Å². The zero-order valence-electron chi connectivity index (χ0n) is 21.8. The van der Waals surface area contributed by atoms with Crippen LogP contribution in [-0.2, 0) is 24.3 Å². The van der Waals surface area contributed by atoms with Crippen LogP contribution in [0.25, 0.3) is 6.08 Å². The zero-order valence-corrected chi connectivity index (χ0v) is 23.4. The number of benzene rings is 2. The quantitative estimate of drug-likeness (QED) is 0.272.